The van der Waals surface area contributed by atoms with E-state index in [1.165, 1.54) is 0 Å². The highest BCUT2D eigenvalue weighted by Crippen LogP contribution is 2.40. The molecule has 1 fully saturated rings. The second kappa shape index (κ2) is 7.14. The van der Waals surface area contributed by atoms with E-state index >= 15 is 0 Å². The molecule has 0 saturated carbocycles. The number of nitro groups is 1. The van der Waals surface area contributed by atoms with Crippen LogP contribution in [0.4, 0.5) is 17.1 Å². The molecule has 1 atom stereocenters. The number of hydrogen-bond donors (Lipinski definition) is 0. The van der Waals surface area contributed by atoms with Gasteiger partial charge in [0.05, 0.1) is 23.1 Å². The molecule has 0 bridgehead atoms. The lowest BCUT2D eigenvalue weighted by molar-refractivity contribution is -0.382. The molecule has 2 aromatic rings. The maximum Gasteiger partial charge on any atom is 0.323 e. The van der Waals surface area contributed by atoms with Crippen molar-refractivity contribution in [2.75, 3.05) is 43.6 Å². The van der Waals surface area contributed by atoms with Crippen molar-refractivity contribution in [3.8, 4) is 0 Å². The average Bonchev–Trinajstić information content (AvgIpc) is 3.09. The van der Waals surface area contributed by atoms with Gasteiger partial charge in [0.1, 0.15) is 5.69 Å². The van der Waals surface area contributed by atoms with Crippen LogP contribution in [0.3, 0.4) is 0 Å². The van der Waals surface area contributed by atoms with Gasteiger partial charge in [-0.2, -0.15) is 0 Å². The van der Waals surface area contributed by atoms with Crippen LogP contribution in [-0.4, -0.2) is 55.0 Å². The van der Waals surface area contributed by atoms with Gasteiger partial charge in [-0.3, -0.25) is 14.9 Å². The number of anilines is 2. The Labute approximate surface area is 149 Å². The van der Waals surface area contributed by atoms with Crippen LogP contribution in [0.15, 0.2) is 10.7 Å². The molecule has 26 heavy (non-hydrogen) atoms. The van der Waals surface area contributed by atoms with Crippen molar-refractivity contribution in [2.45, 2.75) is 19.8 Å². The van der Waals surface area contributed by atoms with Crippen LogP contribution in [0.25, 0.3) is 11.0 Å². The van der Waals surface area contributed by atoms with E-state index in [-0.39, 0.29) is 23.1 Å². The predicted molar refractivity (Wildman–Crippen MR) is 94.4 cm³/mol. The molecule has 3 rings (SSSR count). The topological polar surface area (TPSA) is 115 Å². The highest BCUT2D eigenvalue weighted by molar-refractivity contribution is 6.00. The molecule has 1 aromatic heterocycles. The van der Waals surface area contributed by atoms with Gasteiger partial charge < -0.3 is 14.5 Å². The zero-order valence-electron chi connectivity index (χ0n) is 15.0. The van der Waals surface area contributed by atoms with Crippen LogP contribution in [0.1, 0.15) is 19.8 Å². The fourth-order valence-electron chi connectivity index (χ4n) is 3.31. The van der Waals surface area contributed by atoms with Crippen LogP contribution in [0.5, 0.6) is 0 Å². The molecule has 1 saturated heterocycles. The lowest BCUT2D eigenvalue weighted by Crippen LogP contribution is -2.39. The summed E-state index contributed by atoms with van der Waals surface area (Å²) in [5.74, 6) is -0.460. The Morgan fingerprint density at radius 3 is 2.85 bits per heavy atom. The van der Waals surface area contributed by atoms with Gasteiger partial charge in [0, 0.05) is 27.2 Å². The number of benzene rings is 1. The van der Waals surface area contributed by atoms with Gasteiger partial charge in [-0.15, -0.1) is 0 Å². The first-order valence-corrected chi connectivity index (χ1v) is 8.46. The predicted octanol–water partition coefficient (Wildman–Crippen LogP) is 1.98. The van der Waals surface area contributed by atoms with Gasteiger partial charge >= 0.3 is 11.7 Å². The lowest BCUT2D eigenvalue weighted by Gasteiger charge is -2.33. The highest BCUT2D eigenvalue weighted by Gasteiger charge is 2.32. The van der Waals surface area contributed by atoms with Gasteiger partial charge in [-0.1, -0.05) is 0 Å². The molecule has 0 radical (unpaired) electrons. The summed E-state index contributed by atoms with van der Waals surface area (Å²) in [4.78, 5) is 26.8. The van der Waals surface area contributed by atoms with Crippen molar-refractivity contribution in [1.29, 1.82) is 0 Å². The Balaban J connectivity index is 2.05. The van der Waals surface area contributed by atoms with E-state index in [2.05, 4.69) is 10.3 Å². The lowest BCUT2D eigenvalue weighted by atomic mass is 9.97. The summed E-state index contributed by atoms with van der Waals surface area (Å²) >= 11 is 0. The number of piperidine rings is 1. The summed E-state index contributed by atoms with van der Waals surface area (Å²) in [6.07, 6.45) is 1.56. The maximum atomic E-state index is 12.1. The van der Waals surface area contributed by atoms with Crippen LogP contribution < -0.4 is 9.80 Å². The fraction of sp³-hybridized carbons (Fsp3) is 0.562. The SMILES string of the molecule is CCOC(=O)C1CCCN(c2cc(N(C)C)c([N+](=O)[O-])c3nonc23)C1. The van der Waals surface area contributed by atoms with Gasteiger partial charge in [-0.05, 0) is 36.1 Å². The Hall–Kier alpha value is -2.91. The minimum absolute atomic E-state index is 0.106. The van der Waals surface area contributed by atoms with E-state index in [1.807, 2.05) is 4.90 Å². The molecular formula is C16H21N5O5. The van der Waals surface area contributed by atoms with E-state index in [1.54, 1.807) is 32.0 Å². The van der Waals surface area contributed by atoms with Crippen molar-refractivity contribution in [3.05, 3.63) is 16.2 Å². The molecule has 1 aromatic carbocycles. The van der Waals surface area contributed by atoms with Crippen LogP contribution in [0.2, 0.25) is 0 Å². The Kier molecular flexibility index (Phi) is 4.92. The molecule has 0 spiro atoms. The molecule has 10 heteroatoms. The van der Waals surface area contributed by atoms with E-state index in [0.29, 0.717) is 36.6 Å². The minimum atomic E-state index is -0.483. The molecule has 140 valence electrons. The van der Waals surface area contributed by atoms with E-state index in [4.69, 9.17) is 9.37 Å². The van der Waals surface area contributed by atoms with Crippen molar-refractivity contribution in [1.82, 2.24) is 10.3 Å². The van der Waals surface area contributed by atoms with Crippen LogP contribution in [0, 0.1) is 16.0 Å². The zero-order valence-corrected chi connectivity index (χ0v) is 15.0. The van der Waals surface area contributed by atoms with Crippen molar-refractivity contribution >= 4 is 34.1 Å². The maximum absolute atomic E-state index is 12.1. The van der Waals surface area contributed by atoms with Crippen LogP contribution >= 0.6 is 0 Å². The summed E-state index contributed by atoms with van der Waals surface area (Å²) in [6.45, 7) is 3.30. The fourth-order valence-corrected chi connectivity index (χ4v) is 3.31. The summed E-state index contributed by atoms with van der Waals surface area (Å²) < 4.78 is 9.93. The van der Waals surface area contributed by atoms with Gasteiger partial charge in [-0.25, -0.2) is 4.63 Å². The number of carbonyl (C=O) groups is 1. The Morgan fingerprint density at radius 2 is 2.19 bits per heavy atom. The minimum Gasteiger partial charge on any atom is -0.466 e. The number of nitro benzene ring substituents is 1. The number of rotatable bonds is 5. The number of hydrogen-bond acceptors (Lipinski definition) is 9. The Bertz CT molecular complexity index is 834. The largest absolute Gasteiger partial charge is 0.466 e. The number of carbonyl (C=O) groups excluding carboxylic acids is 1. The monoisotopic (exact) mass is 363 g/mol. The molecule has 1 aliphatic heterocycles. The molecule has 2 heterocycles. The number of aromatic nitrogens is 2. The first-order chi connectivity index (χ1) is 12.4. The third kappa shape index (κ3) is 3.14. The first-order valence-electron chi connectivity index (χ1n) is 8.46. The summed E-state index contributed by atoms with van der Waals surface area (Å²) in [5.41, 5.74) is 1.37. The number of fused-ring (bicyclic) bond motifs is 1. The van der Waals surface area contributed by atoms with Crippen molar-refractivity contribution < 1.29 is 19.1 Å². The molecule has 1 unspecified atom stereocenters. The second-order valence-electron chi connectivity index (χ2n) is 6.41. The average molecular weight is 363 g/mol. The van der Waals surface area contributed by atoms with Crippen molar-refractivity contribution in [2.24, 2.45) is 5.92 Å². The quantitative estimate of drug-likeness (QED) is 0.446. The molecule has 0 aliphatic carbocycles. The molecule has 10 nitrogen and oxygen atoms in total. The van der Waals surface area contributed by atoms with Gasteiger partial charge in [0.2, 0.25) is 5.52 Å². The van der Waals surface area contributed by atoms with E-state index in [9.17, 15) is 14.9 Å². The number of ether oxygens (including phenoxy) is 1. The van der Waals surface area contributed by atoms with Crippen molar-refractivity contribution in [3.63, 3.8) is 0 Å². The van der Waals surface area contributed by atoms with E-state index in [0.717, 1.165) is 12.8 Å². The summed E-state index contributed by atoms with van der Waals surface area (Å²) in [5, 5.41) is 19.2. The highest BCUT2D eigenvalue weighted by atomic mass is 16.6. The summed E-state index contributed by atoms with van der Waals surface area (Å²) in [7, 11) is 3.45. The third-order valence-corrected chi connectivity index (χ3v) is 4.52. The Morgan fingerprint density at radius 1 is 1.46 bits per heavy atom. The normalized spacial score (nSPS) is 17.3. The molecule has 1 aliphatic rings. The second-order valence-corrected chi connectivity index (χ2v) is 6.41. The standard InChI is InChI=1S/C16H21N5O5/c1-4-25-16(22)10-6-5-7-20(9-10)11-8-12(19(2)3)15(21(23)24)14-13(11)17-26-18-14/h8,10H,4-7,9H2,1-3H3. The molecule has 0 amide bonds. The van der Waals surface area contributed by atoms with Gasteiger partial charge in [0.25, 0.3) is 0 Å². The summed E-state index contributed by atoms with van der Waals surface area (Å²) in [6, 6.07) is 1.71. The number of esters is 1. The van der Waals surface area contributed by atoms with Crippen LogP contribution in [-0.2, 0) is 9.53 Å². The third-order valence-electron chi connectivity index (χ3n) is 4.52. The zero-order chi connectivity index (χ0) is 18.8. The number of nitrogens with zero attached hydrogens (tertiary/aromatic N) is 5. The first kappa shape index (κ1) is 17.9. The molecule has 0 N–H and O–H groups in total. The van der Waals surface area contributed by atoms with Gasteiger partial charge in [0.15, 0.2) is 5.52 Å². The smallest absolute Gasteiger partial charge is 0.323 e. The molecular weight excluding hydrogens is 342 g/mol. The van der Waals surface area contributed by atoms with E-state index < -0.39 is 4.92 Å².